The monoisotopic (exact) mass is 245 g/mol. The number of aryl methyl sites for hydroxylation is 4. The van der Waals surface area contributed by atoms with Crippen LogP contribution in [0, 0.1) is 27.7 Å². The lowest BCUT2D eigenvalue weighted by atomic mass is 9.97. The molecular formula is C15H19NS. The number of benzene rings is 1. The van der Waals surface area contributed by atoms with Crippen LogP contribution in [0.25, 0.3) is 0 Å². The predicted molar refractivity (Wildman–Crippen MR) is 75.7 cm³/mol. The summed E-state index contributed by atoms with van der Waals surface area (Å²) in [7, 11) is 0. The van der Waals surface area contributed by atoms with Crippen LogP contribution in [0.15, 0.2) is 24.3 Å². The molecule has 0 bridgehead atoms. The molecule has 0 aliphatic carbocycles. The van der Waals surface area contributed by atoms with Crippen LogP contribution in [0.5, 0.6) is 0 Å². The van der Waals surface area contributed by atoms with E-state index in [1.807, 2.05) is 11.3 Å². The third-order valence-corrected chi connectivity index (χ3v) is 4.00. The van der Waals surface area contributed by atoms with Gasteiger partial charge in [0.25, 0.3) is 0 Å². The third-order valence-electron chi connectivity index (χ3n) is 3.02. The summed E-state index contributed by atoms with van der Waals surface area (Å²) in [4.78, 5) is 2.66. The first-order chi connectivity index (χ1) is 7.97. The maximum atomic E-state index is 6.37. The summed E-state index contributed by atoms with van der Waals surface area (Å²) in [5.74, 6) is 0. The smallest absolute Gasteiger partial charge is 0.0562 e. The van der Waals surface area contributed by atoms with E-state index in [0.717, 1.165) is 0 Å². The maximum Gasteiger partial charge on any atom is 0.0562 e. The Bertz CT molecular complexity index is 520. The van der Waals surface area contributed by atoms with E-state index in [2.05, 4.69) is 52.0 Å². The Morgan fingerprint density at radius 1 is 0.941 bits per heavy atom. The zero-order chi connectivity index (χ0) is 12.6. The molecule has 1 aromatic heterocycles. The van der Waals surface area contributed by atoms with Crippen molar-refractivity contribution in [2.75, 3.05) is 0 Å². The highest BCUT2D eigenvalue weighted by Crippen LogP contribution is 2.29. The molecule has 1 aromatic carbocycles. The summed E-state index contributed by atoms with van der Waals surface area (Å²) in [6.45, 7) is 8.52. The van der Waals surface area contributed by atoms with Crippen LogP contribution in [0.1, 0.15) is 38.0 Å². The van der Waals surface area contributed by atoms with Crippen molar-refractivity contribution in [2.24, 2.45) is 5.73 Å². The molecule has 0 spiro atoms. The molecule has 1 nitrogen and oxygen atoms in total. The minimum Gasteiger partial charge on any atom is -0.320 e. The molecule has 17 heavy (non-hydrogen) atoms. The summed E-state index contributed by atoms with van der Waals surface area (Å²) >= 11 is 1.82. The molecule has 2 rings (SSSR count). The van der Waals surface area contributed by atoms with E-state index in [4.69, 9.17) is 5.73 Å². The molecular weight excluding hydrogens is 226 g/mol. The normalized spacial score (nSPS) is 12.8. The molecule has 0 saturated carbocycles. The Labute approximate surface area is 107 Å². The first kappa shape index (κ1) is 12.3. The Hall–Kier alpha value is -1.12. The van der Waals surface area contributed by atoms with Crippen molar-refractivity contribution in [2.45, 2.75) is 33.7 Å². The second kappa shape index (κ2) is 4.63. The standard InChI is InChI=1S/C15H19NS/c1-9-5-10(2)7-13(6-9)15(16)14-8-11(3)17-12(14)4/h5-8,15H,16H2,1-4H3. The average Bonchev–Trinajstić information content (AvgIpc) is 2.55. The summed E-state index contributed by atoms with van der Waals surface area (Å²) in [5, 5.41) is 0. The van der Waals surface area contributed by atoms with Gasteiger partial charge in [-0.3, -0.25) is 0 Å². The van der Waals surface area contributed by atoms with Gasteiger partial charge in [0, 0.05) is 9.75 Å². The maximum absolute atomic E-state index is 6.37. The van der Waals surface area contributed by atoms with Gasteiger partial charge in [-0.05, 0) is 44.9 Å². The van der Waals surface area contributed by atoms with E-state index in [0.29, 0.717) is 0 Å². The number of hydrogen-bond acceptors (Lipinski definition) is 2. The lowest BCUT2D eigenvalue weighted by molar-refractivity contribution is 0.865. The molecule has 0 aliphatic heterocycles. The lowest BCUT2D eigenvalue weighted by Gasteiger charge is -2.13. The van der Waals surface area contributed by atoms with Crippen molar-refractivity contribution < 1.29 is 0 Å². The first-order valence-electron chi connectivity index (χ1n) is 5.88. The van der Waals surface area contributed by atoms with Crippen molar-refractivity contribution in [1.29, 1.82) is 0 Å². The largest absolute Gasteiger partial charge is 0.320 e. The minimum atomic E-state index is -0.00134. The molecule has 1 unspecified atom stereocenters. The third kappa shape index (κ3) is 2.59. The first-order valence-corrected chi connectivity index (χ1v) is 6.69. The fourth-order valence-electron chi connectivity index (χ4n) is 2.33. The molecule has 2 N–H and O–H groups in total. The van der Waals surface area contributed by atoms with Gasteiger partial charge in [0.1, 0.15) is 0 Å². The van der Waals surface area contributed by atoms with Crippen LogP contribution >= 0.6 is 11.3 Å². The quantitative estimate of drug-likeness (QED) is 0.849. The summed E-state index contributed by atoms with van der Waals surface area (Å²) in [6.07, 6.45) is 0. The molecule has 90 valence electrons. The molecule has 2 aromatic rings. The van der Waals surface area contributed by atoms with E-state index in [-0.39, 0.29) is 6.04 Å². The van der Waals surface area contributed by atoms with Gasteiger partial charge in [-0.25, -0.2) is 0 Å². The zero-order valence-electron chi connectivity index (χ0n) is 10.9. The van der Waals surface area contributed by atoms with E-state index >= 15 is 0 Å². The summed E-state index contributed by atoms with van der Waals surface area (Å²) in [5.41, 5.74) is 11.4. The number of thiophene rings is 1. The molecule has 0 aliphatic rings. The van der Waals surface area contributed by atoms with E-state index in [1.165, 1.54) is 32.0 Å². The molecule has 0 amide bonds. The Morgan fingerprint density at radius 3 is 2.00 bits per heavy atom. The van der Waals surface area contributed by atoms with Crippen LogP contribution in [0.3, 0.4) is 0 Å². The molecule has 2 heteroatoms. The fraction of sp³-hybridized carbons (Fsp3) is 0.333. The van der Waals surface area contributed by atoms with Gasteiger partial charge in [-0.1, -0.05) is 29.3 Å². The summed E-state index contributed by atoms with van der Waals surface area (Å²) < 4.78 is 0. The van der Waals surface area contributed by atoms with Crippen LogP contribution in [0.2, 0.25) is 0 Å². The summed E-state index contributed by atoms with van der Waals surface area (Å²) in [6, 6.07) is 8.76. The second-order valence-electron chi connectivity index (χ2n) is 4.77. The van der Waals surface area contributed by atoms with Crippen molar-refractivity contribution in [3.63, 3.8) is 0 Å². The van der Waals surface area contributed by atoms with Gasteiger partial charge in [0.2, 0.25) is 0 Å². The topological polar surface area (TPSA) is 26.0 Å². The van der Waals surface area contributed by atoms with Gasteiger partial charge in [0.05, 0.1) is 6.04 Å². The zero-order valence-corrected chi connectivity index (χ0v) is 11.7. The Balaban J connectivity index is 2.43. The van der Waals surface area contributed by atoms with E-state index in [1.54, 1.807) is 0 Å². The van der Waals surface area contributed by atoms with Crippen LogP contribution < -0.4 is 5.73 Å². The Kier molecular flexibility index (Phi) is 3.36. The predicted octanol–water partition coefficient (Wildman–Crippen LogP) is 4.03. The SMILES string of the molecule is Cc1cc(C)cc(C(N)c2cc(C)sc2C)c1. The van der Waals surface area contributed by atoms with Crippen molar-refractivity contribution in [3.8, 4) is 0 Å². The number of nitrogens with two attached hydrogens (primary N) is 1. The molecule has 1 atom stereocenters. The molecule has 0 radical (unpaired) electrons. The molecule has 1 heterocycles. The van der Waals surface area contributed by atoms with Crippen LogP contribution in [-0.2, 0) is 0 Å². The number of hydrogen-bond donors (Lipinski definition) is 1. The van der Waals surface area contributed by atoms with Gasteiger partial charge in [0.15, 0.2) is 0 Å². The molecule has 0 saturated heterocycles. The van der Waals surface area contributed by atoms with Gasteiger partial charge in [-0.15, -0.1) is 11.3 Å². The fourth-order valence-corrected chi connectivity index (χ4v) is 3.30. The Morgan fingerprint density at radius 2 is 1.53 bits per heavy atom. The lowest BCUT2D eigenvalue weighted by Crippen LogP contribution is -2.12. The van der Waals surface area contributed by atoms with Crippen molar-refractivity contribution in [3.05, 3.63) is 56.3 Å². The second-order valence-corrected chi connectivity index (χ2v) is 6.23. The van der Waals surface area contributed by atoms with Gasteiger partial charge < -0.3 is 5.73 Å². The van der Waals surface area contributed by atoms with E-state index in [9.17, 15) is 0 Å². The number of rotatable bonds is 2. The van der Waals surface area contributed by atoms with Crippen LogP contribution in [0.4, 0.5) is 0 Å². The van der Waals surface area contributed by atoms with Crippen molar-refractivity contribution >= 4 is 11.3 Å². The average molecular weight is 245 g/mol. The van der Waals surface area contributed by atoms with Crippen LogP contribution in [-0.4, -0.2) is 0 Å². The minimum absolute atomic E-state index is 0.00134. The van der Waals surface area contributed by atoms with E-state index < -0.39 is 0 Å². The molecule has 0 fully saturated rings. The van der Waals surface area contributed by atoms with Crippen molar-refractivity contribution in [1.82, 2.24) is 0 Å². The highest BCUT2D eigenvalue weighted by Gasteiger charge is 2.14. The highest BCUT2D eigenvalue weighted by atomic mass is 32.1. The van der Waals surface area contributed by atoms with Gasteiger partial charge >= 0.3 is 0 Å². The highest BCUT2D eigenvalue weighted by molar-refractivity contribution is 7.12. The van der Waals surface area contributed by atoms with Gasteiger partial charge in [-0.2, -0.15) is 0 Å².